The van der Waals surface area contributed by atoms with Crippen molar-refractivity contribution in [3.8, 4) is 0 Å². The molecule has 0 aliphatic carbocycles. The molecule has 1 aromatic carbocycles. The molecule has 0 radical (unpaired) electrons. The van der Waals surface area contributed by atoms with Crippen molar-refractivity contribution in [2.45, 2.75) is 13.0 Å². The monoisotopic (exact) mass is 482 g/mol. The molecule has 0 atom stereocenters. The molecule has 0 unspecified atom stereocenters. The highest BCUT2D eigenvalue weighted by molar-refractivity contribution is 14.0. The lowest BCUT2D eigenvalue weighted by molar-refractivity contribution is 0.462. The summed E-state index contributed by atoms with van der Waals surface area (Å²) in [6.07, 6.45) is 2.34. The number of benzene rings is 1. The molecule has 1 N–H and O–H groups in total. The summed E-state index contributed by atoms with van der Waals surface area (Å²) in [6.45, 7) is 1.16. The van der Waals surface area contributed by atoms with Crippen molar-refractivity contribution in [2.24, 2.45) is 12.0 Å². The molecular weight excluding hydrogens is 461 g/mol. The number of rotatable bonds is 5. The van der Waals surface area contributed by atoms with E-state index in [9.17, 15) is 8.78 Å². The molecule has 1 aromatic heterocycles. The van der Waals surface area contributed by atoms with Crippen LogP contribution in [0.3, 0.4) is 0 Å². The second kappa shape index (κ2) is 9.96. The average Bonchev–Trinajstić information content (AvgIpc) is 2.80. The summed E-state index contributed by atoms with van der Waals surface area (Å²) in [5.74, 6) is -0.427. The fourth-order valence-corrected chi connectivity index (χ4v) is 2.77. The summed E-state index contributed by atoms with van der Waals surface area (Å²) < 4.78 is 28.3. The summed E-state index contributed by atoms with van der Waals surface area (Å²) in [4.78, 5) is 6.18. The van der Waals surface area contributed by atoms with Gasteiger partial charge in [-0.25, -0.2) is 8.78 Å². The Morgan fingerprint density at radius 3 is 2.40 bits per heavy atom. The van der Waals surface area contributed by atoms with Gasteiger partial charge in [-0.3, -0.25) is 4.99 Å². The van der Waals surface area contributed by atoms with E-state index in [1.54, 1.807) is 7.05 Å². The number of hydrogen-bond acceptors (Lipinski definition) is 1. The van der Waals surface area contributed by atoms with Gasteiger partial charge in [0.15, 0.2) is 5.96 Å². The Morgan fingerprint density at radius 2 is 1.88 bits per heavy atom. The van der Waals surface area contributed by atoms with Crippen molar-refractivity contribution in [3.05, 3.63) is 58.4 Å². The number of aromatic nitrogens is 1. The Kier molecular flexibility index (Phi) is 8.64. The van der Waals surface area contributed by atoms with Crippen LogP contribution in [0.1, 0.15) is 11.3 Å². The van der Waals surface area contributed by atoms with Crippen LogP contribution in [0.4, 0.5) is 8.78 Å². The summed E-state index contributed by atoms with van der Waals surface area (Å²) in [6, 6.07) is 5.45. The van der Waals surface area contributed by atoms with Gasteiger partial charge >= 0.3 is 0 Å². The van der Waals surface area contributed by atoms with Gasteiger partial charge in [-0.15, -0.1) is 24.0 Å². The number of nitrogens with zero attached hydrogens (tertiary/aromatic N) is 3. The van der Waals surface area contributed by atoms with Crippen molar-refractivity contribution in [1.82, 2.24) is 14.8 Å². The summed E-state index contributed by atoms with van der Waals surface area (Å²) in [5, 5.41) is 3.88. The zero-order valence-electron chi connectivity index (χ0n) is 14.4. The van der Waals surface area contributed by atoms with E-state index in [0.29, 0.717) is 36.1 Å². The van der Waals surface area contributed by atoms with E-state index in [0.717, 1.165) is 11.8 Å². The van der Waals surface area contributed by atoms with Gasteiger partial charge < -0.3 is 14.8 Å². The third-order valence-electron chi connectivity index (χ3n) is 3.67. The van der Waals surface area contributed by atoms with Gasteiger partial charge in [0.1, 0.15) is 11.6 Å². The Hall–Kier alpha value is -1.35. The Morgan fingerprint density at radius 1 is 1.24 bits per heavy atom. The molecule has 0 saturated carbocycles. The molecule has 0 amide bonds. The molecule has 0 spiro atoms. The largest absolute Gasteiger partial charge is 0.356 e. The molecule has 25 heavy (non-hydrogen) atoms. The van der Waals surface area contributed by atoms with Crippen LogP contribution in [0.2, 0.25) is 5.02 Å². The zero-order chi connectivity index (χ0) is 17.7. The second-order valence-electron chi connectivity index (χ2n) is 5.62. The molecule has 0 saturated heterocycles. The van der Waals surface area contributed by atoms with Crippen LogP contribution in [0.15, 0.2) is 35.5 Å². The van der Waals surface area contributed by atoms with E-state index in [1.807, 2.05) is 35.8 Å². The Bertz CT molecular complexity index is 713. The number of aryl methyl sites for hydroxylation is 1. The predicted octanol–water partition coefficient (Wildman–Crippen LogP) is 3.82. The fourth-order valence-electron chi connectivity index (χ4n) is 2.50. The highest BCUT2D eigenvalue weighted by atomic mass is 127. The number of hydrogen-bond donors (Lipinski definition) is 1. The van der Waals surface area contributed by atoms with Crippen LogP contribution in [0.25, 0.3) is 0 Å². The number of nitrogens with one attached hydrogen (secondary N) is 1. The lowest BCUT2D eigenvalue weighted by atomic mass is 10.1. The number of aliphatic imine (C=N–C) groups is 1. The first-order valence-electron chi connectivity index (χ1n) is 7.56. The quantitative estimate of drug-likeness (QED) is 0.399. The summed E-state index contributed by atoms with van der Waals surface area (Å²) in [7, 11) is 5.54. The minimum atomic E-state index is -0.563. The van der Waals surface area contributed by atoms with E-state index in [1.165, 1.54) is 12.1 Å². The molecule has 0 aliphatic heterocycles. The highest BCUT2D eigenvalue weighted by Gasteiger charge is 2.10. The van der Waals surface area contributed by atoms with Crippen LogP contribution in [-0.4, -0.2) is 36.1 Å². The van der Waals surface area contributed by atoms with Crippen molar-refractivity contribution in [3.63, 3.8) is 0 Å². The molecule has 0 fully saturated rings. The topological polar surface area (TPSA) is 32.6 Å². The van der Waals surface area contributed by atoms with Gasteiger partial charge in [0.2, 0.25) is 0 Å². The fraction of sp³-hybridized carbons (Fsp3) is 0.353. The van der Waals surface area contributed by atoms with Crippen molar-refractivity contribution < 1.29 is 8.78 Å². The van der Waals surface area contributed by atoms with E-state index < -0.39 is 11.6 Å². The molecular formula is C17H22ClF2IN4. The third-order valence-corrected chi connectivity index (χ3v) is 3.87. The van der Waals surface area contributed by atoms with E-state index in [2.05, 4.69) is 10.3 Å². The van der Waals surface area contributed by atoms with Crippen LogP contribution in [-0.2, 0) is 20.0 Å². The van der Waals surface area contributed by atoms with Crippen LogP contribution in [0, 0.1) is 11.6 Å². The van der Waals surface area contributed by atoms with Gasteiger partial charge in [-0.1, -0.05) is 11.6 Å². The first-order chi connectivity index (χ1) is 11.4. The normalized spacial score (nSPS) is 11.2. The van der Waals surface area contributed by atoms with Gasteiger partial charge in [-0.2, -0.15) is 0 Å². The first kappa shape index (κ1) is 21.7. The highest BCUT2D eigenvalue weighted by Crippen LogP contribution is 2.14. The van der Waals surface area contributed by atoms with Crippen LogP contribution >= 0.6 is 35.6 Å². The number of guanidine groups is 1. The molecule has 138 valence electrons. The standard InChI is InChI=1S/C17H21ClF2N4.HI/c1-21-17(24(3)11-16-8-13(18)10-23(16)2)22-5-4-12-6-14(19)9-15(20)7-12;/h6-10H,4-5,11H2,1-3H3,(H,21,22);1H. The zero-order valence-corrected chi connectivity index (χ0v) is 17.5. The van der Waals surface area contributed by atoms with Crippen molar-refractivity contribution in [1.29, 1.82) is 0 Å². The molecule has 8 heteroatoms. The molecule has 0 bridgehead atoms. The first-order valence-corrected chi connectivity index (χ1v) is 7.94. The Labute approximate surface area is 168 Å². The smallest absolute Gasteiger partial charge is 0.193 e. The van der Waals surface area contributed by atoms with Gasteiger partial charge in [0.25, 0.3) is 0 Å². The molecule has 2 rings (SSSR count). The predicted molar refractivity (Wildman–Crippen MR) is 109 cm³/mol. The molecule has 2 aromatic rings. The Balaban J connectivity index is 0.00000312. The maximum atomic E-state index is 13.2. The van der Waals surface area contributed by atoms with Crippen molar-refractivity contribution >= 4 is 41.5 Å². The van der Waals surface area contributed by atoms with Gasteiger partial charge in [0.05, 0.1) is 11.6 Å². The summed E-state index contributed by atoms with van der Waals surface area (Å²) in [5.41, 5.74) is 1.66. The van der Waals surface area contributed by atoms with E-state index >= 15 is 0 Å². The molecule has 4 nitrogen and oxygen atoms in total. The van der Waals surface area contributed by atoms with E-state index in [-0.39, 0.29) is 24.0 Å². The molecule has 1 heterocycles. The van der Waals surface area contributed by atoms with Gasteiger partial charge in [0, 0.05) is 45.6 Å². The number of halogens is 4. The van der Waals surface area contributed by atoms with Gasteiger partial charge in [-0.05, 0) is 30.2 Å². The minimum absolute atomic E-state index is 0. The SMILES string of the molecule is CN=C(NCCc1cc(F)cc(F)c1)N(C)Cc1cc(Cl)cn1C.I. The second-order valence-corrected chi connectivity index (χ2v) is 6.05. The maximum Gasteiger partial charge on any atom is 0.193 e. The minimum Gasteiger partial charge on any atom is -0.356 e. The third kappa shape index (κ3) is 6.47. The van der Waals surface area contributed by atoms with Crippen LogP contribution in [0.5, 0.6) is 0 Å². The van der Waals surface area contributed by atoms with E-state index in [4.69, 9.17) is 11.6 Å². The lowest BCUT2D eigenvalue weighted by Crippen LogP contribution is -2.39. The molecule has 0 aliphatic rings. The lowest BCUT2D eigenvalue weighted by Gasteiger charge is -2.22. The maximum absolute atomic E-state index is 13.2. The van der Waals surface area contributed by atoms with Crippen LogP contribution < -0.4 is 5.32 Å². The van der Waals surface area contributed by atoms with Crippen molar-refractivity contribution in [2.75, 3.05) is 20.6 Å². The average molecular weight is 483 g/mol. The summed E-state index contributed by atoms with van der Waals surface area (Å²) >= 11 is 5.99.